The van der Waals surface area contributed by atoms with Gasteiger partial charge in [-0.25, -0.2) is 4.39 Å². The zero-order chi connectivity index (χ0) is 13.8. The molecule has 19 heavy (non-hydrogen) atoms. The molecular weight excluding hydrogens is 263 g/mol. The van der Waals surface area contributed by atoms with Crippen molar-refractivity contribution < 1.29 is 4.39 Å². The molecule has 0 saturated heterocycles. The minimum absolute atomic E-state index is 0.307. The van der Waals surface area contributed by atoms with Gasteiger partial charge >= 0.3 is 0 Å². The third-order valence-electron chi connectivity index (χ3n) is 2.83. The Morgan fingerprint density at radius 3 is 2.79 bits per heavy atom. The van der Waals surface area contributed by atoms with Crippen molar-refractivity contribution >= 4 is 17.3 Å². The summed E-state index contributed by atoms with van der Waals surface area (Å²) >= 11 is 6.04. The fourth-order valence-electron chi connectivity index (χ4n) is 1.82. The second-order valence-electron chi connectivity index (χ2n) is 4.25. The van der Waals surface area contributed by atoms with Crippen molar-refractivity contribution in [3.8, 4) is 6.07 Å². The minimum Gasteiger partial charge on any atom is -0.370 e. The third kappa shape index (κ3) is 3.24. The lowest BCUT2D eigenvalue weighted by atomic mass is 10.1. The second-order valence-corrected chi connectivity index (χ2v) is 4.66. The summed E-state index contributed by atoms with van der Waals surface area (Å²) in [6.07, 6.45) is 0. The van der Waals surface area contributed by atoms with E-state index in [0.29, 0.717) is 22.7 Å². The number of rotatable bonds is 3. The predicted molar refractivity (Wildman–Crippen MR) is 74.7 cm³/mol. The van der Waals surface area contributed by atoms with E-state index in [4.69, 9.17) is 16.9 Å². The van der Waals surface area contributed by atoms with Gasteiger partial charge in [0.2, 0.25) is 0 Å². The Morgan fingerprint density at radius 2 is 2.05 bits per heavy atom. The lowest BCUT2D eigenvalue weighted by molar-refractivity contribution is 0.625. The van der Waals surface area contributed by atoms with Crippen LogP contribution in [-0.4, -0.2) is 7.05 Å². The van der Waals surface area contributed by atoms with Crippen molar-refractivity contribution in [2.45, 2.75) is 6.54 Å². The first kappa shape index (κ1) is 13.4. The highest BCUT2D eigenvalue weighted by atomic mass is 35.5. The van der Waals surface area contributed by atoms with Crippen LogP contribution in [0.15, 0.2) is 42.5 Å². The van der Waals surface area contributed by atoms with Crippen LogP contribution in [0.1, 0.15) is 11.1 Å². The monoisotopic (exact) mass is 274 g/mol. The average molecular weight is 275 g/mol. The minimum atomic E-state index is -0.307. The Labute approximate surface area is 116 Å². The fraction of sp³-hybridized carbons (Fsp3) is 0.133. The molecule has 2 nitrogen and oxygen atoms in total. The number of hydrogen-bond acceptors (Lipinski definition) is 2. The van der Waals surface area contributed by atoms with Crippen molar-refractivity contribution in [1.29, 1.82) is 5.26 Å². The van der Waals surface area contributed by atoms with Gasteiger partial charge in [-0.1, -0.05) is 17.7 Å². The Balaban J connectivity index is 2.23. The summed E-state index contributed by atoms with van der Waals surface area (Å²) in [7, 11) is 1.87. The van der Waals surface area contributed by atoms with E-state index in [2.05, 4.69) is 6.07 Å². The summed E-state index contributed by atoms with van der Waals surface area (Å²) < 4.78 is 13.2. The topological polar surface area (TPSA) is 27.0 Å². The van der Waals surface area contributed by atoms with Crippen LogP contribution in [0, 0.1) is 17.1 Å². The van der Waals surface area contributed by atoms with E-state index in [9.17, 15) is 4.39 Å². The number of nitriles is 1. The second kappa shape index (κ2) is 5.73. The predicted octanol–water partition coefficient (Wildman–Crippen LogP) is 3.99. The van der Waals surface area contributed by atoms with E-state index < -0.39 is 0 Å². The first-order chi connectivity index (χ1) is 9.10. The molecule has 0 heterocycles. The lowest BCUT2D eigenvalue weighted by Gasteiger charge is -2.20. The first-order valence-corrected chi connectivity index (χ1v) is 6.13. The van der Waals surface area contributed by atoms with Crippen LogP contribution in [0.2, 0.25) is 5.02 Å². The summed E-state index contributed by atoms with van der Waals surface area (Å²) in [5, 5.41) is 9.41. The Hall–Kier alpha value is -2.05. The SMILES string of the molecule is CN(Cc1cc(F)ccc1Cl)c1cccc(C#N)c1. The van der Waals surface area contributed by atoms with E-state index in [1.54, 1.807) is 18.2 Å². The molecule has 0 atom stereocenters. The molecule has 0 aliphatic heterocycles. The number of halogens is 2. The summed E-state index contributed by atoms with van der Waals surface area (Å²) in [5.41, 5.74) is 2.19. The van der Waals surface area contributed by atoms with Gasteiger partial charge in [-0.05, 0) is 42.0 Å². The molecule has 0 amide bonds. The van der Waals surface area contributed by atoms with Crippen molar-refractivity contribution in [3.63, 3.8) is 0 Å². The van der Waals surface area contributed by atoms with Gasteiger partial charge in [0.25, 0.3) is 0 Å². The van der Waals surface area contributed by atoms with Gasteiger partial charge in [0.15, 0.2) is 0 Å². The Bertz CT molecular complexity index is 634. The molecule has 2 rings (SSSR count). The maximum absolute atomic E-state index is 13.2. The van der Waals surface area contributed by atoms with E-state index in [1.165, 1.54) is 12.1 Å². The van der Waals surface area contributed by atoms with E-state index in [0.717, 1.165) is 5.69 Å². The number of benzene rings is 2. The van der Waals surface area contributed by atoms with Crippen LogP contribution in [0.5, 0.6) is 0 Å². The normalized spacial score (nSPS) is 10.0. The van der Waals surface area contributed by atoms with Gasteiger partial charge in [0, 0.05) is 24.3 Å². The highest BCUT2D eigenvalue weighted by molar-refractivity contribution is 6.31. The van der Waals surface area contributed by atoms with Crippen LogP contribution >= 0.6 is 11.6 Å². The van der Waals surface area contributed by atoms with Crippen molar-refractivity contribution in [3.05, 3.63) is 64.4 Å². The molecule has 0 saturated carbocycles. The average Bonchev–Trinajstić information content (AvgIpc) is 2.43. The van der Waals surface area contributed by atoms with Crippen molar-refractivity contribution in [1.82, 2.24) is 0 Å². The van der Waals surface area contributed by atoms with E-state index in [-0.39, 0.29) is 5.82 Å². The van der Waals surface area contributed by atoms with Crippen LogP contribution in [0.25, 0.3) is 0 Å². The highest BCUT2D eigenvalue weighted by Gasteiger charge is 2.07. The standard InChI is InChI=1S/C15H12ClFN2/c1-19(14-4-2-3-11(7-14)9-18)10-12-8-13(17)5-6-15(12)16/h2-8H,10H2,1H3. The lowest BCUT2D eigenvalue weighted by Crippen LogP contribution is -2.16. The molecule has 2 aromatic carbocycles. The quantitative estimate of drug-likeness (QED) is 0.846. The third-order valence-corrected chi connectivity index (χ3v) is 3.20. The zero-order valence-corrected chi connectivity index (χ0v) is 11.2. The summed E-state index contributed by atoms with van der Waals surface area (Å²) in [6.45, 7) is 0.478. The number of nitrogens with zero attached hydrogens (tertiary/aromatic N) is 2. The van der Waals surface area contributed by atoms with Gasteiger partial charge in [-0.3, -0.25) is 0 Å². The molecular formula is C15H12ClFN2. The van der Waals surface area contributed by atoms with Gasteiger partial charge < -0.3 is 4.90 Å². The molecule has 0 aliphatic carbocycles. The van der Waals surface area contributed by atoms with Crippen molar-refractivity contribution in [2.75, 3.05) is 11.9 Å². The summed E-state index contributed by atoms with van der Waals surface area (Å²) in [5.74, 6) is -0.307. The maximum atomic E-state index is 13.2. The molecule has 0 N–H and O–H groups in total. The highest BCUT2D eigenvalue weighted by Crippen LogP contribution is 2.22. The molecule has 0 radical (unpaired) electrons. The molecule has 4 heteroatoms. The van der Waals surface area contributed by atoms with Gasteiger partial charge in [-0.2, -0.15) is 5.26 Å². The first-order valence-electron chi connectivity index (χ1n) is 5.75. The molecule has 96 valence electrons. The van der Waals surface area contributed by atoms with E-state index >= 15 is 0 Å². The molecule has 0 spiro atoms. The smallest absolute Gasteiger partial charge is 0.123 e. The Morgan fingerprint density at radius 1 is 1.26 bits per heavy atom. The van der Waals surface area contributed by atoms with Gasteiger partial charge in [0.05, 0.1) is 11.6 Å². The van der Waals surface area contributed by atoms with Crippen molar-refractivity contribution in [2.24, 2.45) is 0 Å². The van der Waals surface area contributed by atoms with Crippen LogP contribution < -0.4 is 4.90 Å². The molecule has 0 bridgehead atoms. The fourth-order valence-corrected chi connectivity index (χ4v) is 2.00. The molecule has 0 fully saturated rings. The largest absolute Gasteiger partial charge is 0.370 e. The van der Waals surface area contributed by atoms with Gasteiger partial charge in [0.1, 0.15) is 5.82 Å². The number of hydrogen-bond donors (Lipinski definition) is 0. The molecule has 0 unspecified atom stereocenters. The summed E-state index contributed by atoms with van der Waals surface area (Å²) in [4.78, 5) is 1.92. The summed E-state index contributed by atoms with van der Waals surface area (Å²) in [6, 6.07) is 13.6. The zero-order valence-electron chi connectivity index (χ0n) is 10.4. The van der Waals surface area contributed by atoms with Gasteiger partial charge in [-0.15, -0.1) is 0 Å². The van der Waals surface area contributed by atoms with Crippen LogP contribution in [0.4, 0.5) is 10.1 Å². The van der Waals surface area contributed by atoms with Crippen LogP contribution in [0.3, 0.4) is 0 Å². The molecule has 2 aromatic rings. The number of anilines is 1. The maximum Gasteiger partial charge on any atom is 0.123 e. The Kier molecular flexibility index (Phi) is 4.03. The molecule has 0 aliphatic rings. The van der Waals surface area contributed by atoms with E-state index in [1.807, 2.05) is 24.1 Å². The van der Waals surface area contributed by atoms with Crippen LogP contribution in [-0.2, 0) is 6.54 Å². The molecule has 0 aromatic heterocycles.